The molecule has 13 nitrogen and oxygen atoms in total. The smallest absolute Gasteiger partial charge is 0.352 e. The zero-order chi connectivity index (χ0) is 26.2. The van der Waals surface area contributed by atoms with Gasteiger partial charge in [-0.2, -0.15) is 10.3 Å². The third kappa shape index (κ3) is 6.36. The highest BCUT2D eigenvalue weighted by Gasteiger charge is 2.54. The van der Waals surface area contributed by atoms with E-state index in [2.05, 4.69) is 20.7 Å². The molecular formula is C21H26N6O7S2. The molecule has 2 aromatic rings. The predicted molar refractivity (Wildman–Crippen MR) is 131 cm³/mol. The number of aromatic hydroxyl groups is 1. The SMILES string of the molecule is N[C@@H](C(=O)N[C@@H]1C(=O)N2C(C(=O)O)=C(CSc3cn[nH]n3)CS[C@H]12)c1ccc(O)cc1.OCCCO. The minimum Gasteiger partial charge on any atom is -0.508 e. The molecule has 4 rings (SSSR count). The Balaban J connectivity index is 0.000000658. The number of carbonyl (C=O) groups excluding carboxylic acids is 2. The number of nitrogens with one attached hydrogen (secondary N) is 2. The number of aliphatic hydroxyl groups excluding tert-OH is 2. The van der Waals surface area contributed by atoms with E-state index in [0.717, 1.165) is 0 Å². The van der Waals surface area contributed by atoms with Crippen molar-refractivity contribution in [2.75, 3.05) is 24.7 Å². The van der Waals surface area contributed by atoms with E-state index in [9.17, 15) is 24.6 Å². The van der Waals surface area contributed by atoms with Crippen LogP contribution in [0, 0.1) is 0 Å². The molecule has 36 heavy (non-hydrogen) atoms. The number of carbonyl (C=O) groups is 3. The predicted octanol–water partition coefficient (Wildman–Crippen LogP) is -0.598. The van der Waals surface area contributed by atoms with Crippen LogP contribution in [0.25, 0.3) is 0 Å². The molecule has 1 fully saturated rings. The second kappa shape index (κ2) is 12.7. The summed E-state index contributed by atoms with van der Waals surface area (Å²) < 4.78 is 0. The van der Waals surface area contributed by atoms with Crippen LogP contribution in [0.15, 0.2) is 46.8 Å². The lowest BCUT2D eigenvalue weighted by Gasteiger charge is -2.49. The lowest BCUT2D eigenvalue weighted by atomic mass is 10.0. The number of aliphatic carboxylic acids is 1. The van der Waals surface area contributed by atoms with Gasteiger partial charge in [-0.1, -0.05) is 23.9 Å². The van der Waals surface area contributed by atoms with Crippen molar-refractivity contribution >= 4 is 41.3 Å². The Bertz CT molecular complexity index is 1090. The number of hydrogen-bond donors (Lipinski definition) is 7. The van der Waals surface area contributed by atoms with Crippen LogP contribution in [0.5, 0.6) is 5.75 Å². The number of thioether (sulfide) groups is 2. The Morgan fingerprint density at radius 1 is 1.28 bits per heavy atom. The Hall–Kier alpha value is -3.11. The molecule has 0 spiro atoms. The van der Waals surface area contributed by atoms with E-state index < -0.39 is 35.2 Å². The quantitative estimate of drug-likeness (QED) is 0.157. The van der Waals surface area contributed by atoms with Crippen LogP contribution in [0.4, 0.5) is 0 Å². The molecule has 15 heteroatoms. The van der Waals surface area contributed by atoms with Gasteiger partial charge in [-0.25, -0.2) is 4.79 Å². The molecule has 3 atom stereocenters. The number of hydrogen-bond acceptors (Lipinski definition) is 11. The van der Waals surface area contributed by atoms with E-state index in [1.807, 2.05) is 0 Å². The van der Waals surface area contributed by atoms with Crippen molar-refractivity contribution in [2.24, 2.45) is 5.73 Å². The first kappa shape index (κ1) is 27.5. The topological polar surface area (TPSA) is 215 Å². The van der Waals surface area contributed by atoms with E-state index in [1.165, 1.54) is 58.9 Å². The van der Waals surface area contributed by atoms with Gasteiger partial charge in [0.1, 0.15) is 33.9 Å². The average Bonchev–Trinajstić information content (AvgIpc) is 3.39. The number of aromatic amines is 1. The second-order valence-electron chi connectivity index (χ2n) is 7.62. The van der Waals surface area contributed by atoms with Gasteiger partial charge in [0, 0.05) is 24.7 Å². The third-order valence-corrected chi connectivity index (χ3v) is 7.51. The Kier molecular flexibility index (Phi) is 9.72. The van der Waals surface area contributed by atoms with E-state index in [1.54, 1.807) is 0 Å². The van der Waals surface area contributed by atoms with Crippen molar-refractivity contribution in [3.63, 3.8) is 0 Å². The number of amides is 2. The maximum Gasteiger partial charge on any atom is 0.352 e. The fourth-order valence-electron chi connectivity index (χ4n) is 3.36. The van der Waals surface area contributed by atoms with Crippen molar-refractivity contribution in [2.45, 2.75) is 28.9 Å². The summed E-state index contributed by atoms with van der Waals surface area (Å²) in [6, 6.07) is 3.98. The summed E-state index contributed by atoms with van der Waals surface area (Å²) in [5.74, 6) is -1.45. The average molecular weight is 539 g/mol. The fraction of sp³-hybridized carbons (Fsp3) is 0.381. The minimum absolute atomic E-state index is 0.0466. The monoisotopic (exact) mass is 538 g/mol. The van der Waals surface area contributed by atoms with Gasteiger partial charge in [0.2, 0.25) is 5.91 Å². The molecular weight excluding hydrogens is 512 g/mol. The number of β-lactam (4-membered cyclic amide) rings is 1. The molecule has 2 aliphatic heterocycles. The molecule has 1 aromatic carbocycles. The van der Waals surface area contributed by atoms with Gasteiger partial charge >= 0.3 is 5.97 Å². The largest absolute Gasteiger partial charge is 0.508 e. The first-order chi connectivity index (χ1) is 17.3. The third-order valence-electron chi connectivity index (χ3n) is 5.19. The van der Waals surface area contributed by atoms with E-state index in [4.69, 9.17) is 15.9 Å². The van der Waals surface area contributed by atoms with Crippen LogP contribution in [0.2, 0.25) is 0 Å². The molecule has 194 valence electrons. The van der Waals surface area contributed by atoms with Crippen molar-refractivity contribution < 1.29 is 34.8 Å². The number of benzene rings is 1. The lowest BCUT2D eigenvalue weighted by molar-refractivity contribution is -0.150. The van der Waals surface area contributed by atoms with Crippen LogP contribution in [0.3, 0.4) is 0 Å². The number of aliphatic hydroxyl groups is 2. The number of carboxylic acids is 1. The Morgan fingerprint density at radius 2 is 1.97 bits per heavy atom. The second-order valence-corrected chi connectivity index (χ2v) is 9.72. The summed E-state index contributed by atoms with van der Waals surface area (Å²) in [5, 5.41) is 47.7. The van der Waals surface area contributed by atoms with Crippen LogP contribution in [-0.2, 0) is 14.4 Å². The van der Waals surface area contributed by atoms with Crippen LogP contribution < -0.4 is 11.1 Å². The molecule has 0 unspecified atom stereocenters. The normalized spacial score (nSPS) is 19.5. The summed E-state index contributed by atoms with van der Waals surface area (Å²) in [7, 11) is 0. The van der Waals surface area contributed by atoms with E-state index >= 15 is 0 Å². The highest BCUT2D eigenvalue weighted by Crippen LogP contribution is 2.41. The molecule has 0 saturated carbocycles. The first-order valence-corrected chi connectivity index (χ1v) is 12.8. The number of H-pyrrole nitrogens is 1. The van der Waals surface area contributed by atoms with Crippen LogP contribution >= 0.6 is 23.5 Å². The number of nitrogens with two attached hydrogens (primary N) is 1. The number of rotatable bonds is 9. The number of aromatic nitrogens is 3. The standard InChI is InChI=1S/C18H18N6O5S2.C3H8O2/c19-12(8-1-3-10(25)4-2-8)15(26)21-13-16(27)24-14(18(28)29)9(7-31-17(13)24)6-30-11-5-20-23-22-11;4-2-1-3-5/h1-5,12-13,17,25H,6-7,19H2,(H,21,26)(H,28,29)(H,20,22,23);4-5H,1-3H2/t12-,13-,17-;/m1./s1. The summed E-state index contributed by atoms with van der Waals surface area (Å²) in [4.78, 5) is 38.4. The molecule has 2 aliphatic rings. The molecule has 1 aromatic heterocycles. The van der Waals surface area contributed by atoms with Crippen molar-refractivity contribution in [3.05, 3.63) is 47.3 Å². The summed E-state index contributed by atoms with van der Waals surface area (Å²) in [5.41, 5.74) is 6.99. The number of phenolic OH excluding ortho intramolecular Hbond substituents is 1. The van der Waals surface area contributed by atoms with Gasteiger partial charge in [0.15, 0.2) is 0 Å². The van der Waals surface area contributed by atoms with Gasteiger partial charge in [0.05, 0.1) is 6.20 Å². The van der Waals surface area contributed by atoms with Gasteiger partial charge in [0.25, 0.3) is 5.91 Å². The lowest BCUT2D eigenvalue weighted by Crippen LogP contribution is -2.71. The van der Waals surface area contributed by atoms with Gasteiger partial charge < -0.3 is 31.5 Å². The molecule has 0 aliphatic carbocycles. The highest BCUT2D eigenvalue weighted by molar-refractivity contribution is 8.01. The summed E-state index contributed by atoms with van der Waals surface area (Å²) in [6.07, 6.45) is 2.03. The van der Waals surface area contributed by atoms with Gasteiger partial charge in [-0.15, -0.1) is 16.9 Å². The first-order valence-electron chi connectivity index (χ1n) is 10.7. The minimum atomic E-state index is -1.19. The fourth-order valence-corrected chi connectivity index (χ4v) is 5.63. The molecule has 1 saturated heterocycles. The van der Waals surface area contributed by atoms with Crippen LogP contribution in [-0.4, -0.2) is 94.7 Å². The molecule has 0 radical (unpaired) electrons. The zero-order valence-electron chi connectivity index (χ0n) is 18.9. The Labute approximate surface area is 214 Å². The van der Waals surface area contributed by atoms with Gasteiger partial charge in [-0.05, 0) is 29.7 Å². The van der Waals surface area contributed by atoms with Crippen molar-refractivity contribution in [1.29, 1.82) is 0 Å². The molecule has 8 N–H and O–H groups in total. The van der Waals surface area contributed by atoms with Crippen molar-refractivity contribution in [1.82, 2.24) is 25.6 Å². The highest BCUT2D eigenvalue weighted by atomic mass is 32.2. The number of nitrogens with zero attached hydrogens (tertiary/aromatic N) is 3. The summed E-state index contributed by atoms with van der Waals surface area (Å²) in [6.45, 7) is 0.188. The maximum atomic E-state index is 12.7. The van der Waals surface area contributed by atoms with E-state index in [0.29, 0.717) is 34.1 Å². The molecule has 2 amide bonds. The Morgan fingerprint density at radius 3 is 2.53 bits per heavy atom. The molecule has 0 bridgehead atoms. The maximum absolute atomic E-state index is 12.7. The van der Waals surface area contributed by atoms with Crippen LogP contribution in [0.1, 0.15) is 18.0 Å². The molecule has 3 heterocycles. The van der Waals surface area contributed by atoms with Gasteiger partial charge in [-0.3, -0.25) is 14.5 Å². The zero-order valence-corrected chi connectivity index (χ0v) is 20.5. The van der Waals surface area contributed by atoms with E-state index in [-0.39, 0.29) is 24.7 Å². The number of fused-ring (bicyclic) bond motifs is 1. The number of carboxylic acid groups (broad SMARTS) is 1. The number of phenols is 1. The summed E-state index contributed by atoms with van der Waals surface area (Å²) >= 11 is 2.70. The van der Waals surface area contributed by atoms with Crippen molar-refractivity contribution in [3.8, 4) is 5.75 Å².